The number of likely N-dealkylation sites (tertiary alicyclic amines) is 1. The molecule has 2 bridgehead atoms. The smallest absolute Gasteiger partial charge is 0.136 e. The molecule has 1 aromatic carbocycles. The molecule has 2 N–H and O–H groups in total. The summed E-state index contributed by atoms with van der Waals surface area (Å²) in [5.74, 6) is 1.02. The highest BCUT2D eigenvalue weighted by Gasteiger charge is 2.68. The number of phenols is 1. The van der Waals surface area contributed by atoms with Crippen LogP contribution in [-0.2, 0) is 16.6 Å². The molecule has 1 saturated heterocycles. The summed E-state index contributed by atoms with van der Waals surface area (Å²) in [5.41, 5.74) is 0.433. The number of carbonyl (C=O) groups is 1. The summed E-state index contributed by atoms with van der Waals surface area (Å²) in [4.78, 5) is 15.2. The van der Waals surface area contributed by atoms with Gasteiger partial charge in [-0.25, -0.2) is 0 Å². The molecule has 0 amide bonds. The minimum Gasteiger partial charge on any atom is -0.508 e. The molecule has 1 aliphatic heterocycles. The van der Waals surface area contributed by atoms with E-state index in [4.69, 9.17) is 0 Å². The van der Waals surface area contributed by atoms with Crippen LogP contribution in [-0.4, -0.2) is 45.6 Å². The number of piperidine rings is 1. The van der Waals surface area contributed by atoms with Crippen molar-refractivity contribution in [2.45, 2.75) is 62.5 Å². The Kier molecular flexibility index (Phi) is 3.21. The third kappa shape index (κ3) is 1.93. The number of Topliss-reactive ketones (excluding diaryl/α,β-unsaturated/α-hetero) is 1. The number of phenolic OH excluding ortho intramolecular Hbond substituents is 1. The van der Waals surface area contributed by atoms with Crippen molar-refractivity contribution in [2.75, 3.05) is 13.1 Å². The fraction of sp³-hybridized carbons (Fsp3) is 0.667. The number of ketones is 1. The first-order valence-electron chi connectivity index (χ1n) is 9.78. The molecule has 3 aliphatic carbocycles. The van der Waals surface area contributed by atoms with E-state index in [1.54, 1.807) is 6.07 Å². The van der Waals surface area contributed by atoms with Crippen LogP contribution in [0.5, 0.6) is 5.75 Å². The Labute approximate surface area is 148 Å². The predicted octanol–water partition coefficient (Wildman–Crippen LogP) is 2.40. The highest BCUT2D eigenvalue weighted by Crippen LogP contribution is 2.61. The molecule has 134 valence electrons. The van der Waals surface area contributed by atoms with Gasteiger partial charge in [-0.3, -0.25) is 9.69 Å². The largest absolute Gasteiger partial charge is 0.508 e. The van der Waals surface area contributed by atoms with Crippen LogP contribution in [0.2, 0.25) is 0 Å². The quantitative estimate of drug-likeness (QED) is 0.867. The number of nitrogens with zero attached hydrogens (tertiary/aromatic N) is 1. The zero-order valence-electron chi connectivity index (χ0n) is 14.9. The van der Waals surface area contributed by atoms with Gasteiger partial charge >= 0.3 is 0 Å². The lowest BCUT2D eigenvalue weighted by atomic mass is 9.46. The van der Waals surface area contributed by atoms with Gasteiger partial charge in [0.15, 0.2) is 0 Å². The number of fused-ring (bicyclic) bond motifs is 1. The average molecular weight is 341 g/mol. The van der Waals surface area contributed by atoms with E-state index in [-0.39, 0.29) is 23.5 Å². The van der Waals surface area contributed by atoms with Crippen molar-refractivity contribution in [3.8, 4) is 5.75 Å². The number of rotatable bonds is 2. The van der Waals surface area contributed by atoms with Crippen LogP contribution >= 0.6 is 0 Å². The number of carbonyl (C=O) groups excluding carboxylic acids is 1. The van der Waals surface area contributed by atoms with Gasteiger partial charge < -0.3 is 10.2 Å². The third-order valence-corrected chi connectivity index (χ3v) is 7.71. The first-order valence-corrected chi connectivity index (χ1v) is 9.78. The first-order chi connectivity index (χ1) is 12.0. The highest BCUT2D eigenvalue weighted by molar-refractivity contribution is 5.85. The molecular formula is C21H27NO3. The van der Waals surface area contributed by atoms with E-state index in [2.05, 4.69) is 11.0 Å². The lowest BCUT2D eigenvalue weighted by Gasteiger charge is -2.65. The lowest BCUT2D eigenvalue weighted by Crippen LogP contribution is -2.75. The molecule has 4 atom stereocenters. The molecule has 2 saturated carbocycles. The van der Waals surface area contributed by atoms with E-state index in [1.165, 1.54) is 12.8 Å². The normalized spacial score (nSPS) is 40.5. The molecule has 3 fully saturated rings. The molecule has 0 spiro atoms. The zero-order valence-corrected chi connectivity index (χ0v) is 14.9. The molecule has 25 heavy (non-hydrogen) atoms. The Hall–Kier alpha value is -1.39. The van der Waals surface area contributed by atoms with Crippen LogP contribution in [0.4, 0.5) is 0 Å². The van der Waals surface area contributed by atoms with Crippen molar-refractivity contribution in [3.05, 3.63) is 29.3 Å². The Morgan fingerprint density at radius 2 is 2.08 bits per heavy atom. The van der Waals surface area contributed by atoms with Gasteiger partial charge in [-0.1, -0.05) is 19.1 Å². The maximum absolute atomic E-state index is 12.7. The highest BCUT2D eigenvalue weighted by atomic mass is 16.3. The summed E-state index contributed by atoms with van der Waals surface area (Å²) < 4.78 is 0. The minimum absolute atomic E-state index is 0.0618. The van der Waals surface area contributed by atoms with Crippen molar-refractivity contribution in [2.24, 2.45) is 11.8 Å². The van der Waals surface area contributed by atoms with E-state index in [9.17, 15) is 15.0 Å². The van der Waals surface area contributed by atoms with E-state index >= 15 is 0 Å². The molecule has 1 heterocycles. The van der Waals surface area contributed by atoms with Crippen molar-refractivity contribution in [1.82, 2.24) is 4.90 Å². The van der Waals surface area contributed by atoms with Gasteiger partial charge in [0, 0.05) is 35.9 Å². The van der Waals surface area contributed by atoms with Gasteiger partial charge in [0.1, 0.15) is 11.5 Å². The maximum atomic E-state index is 12.7. The fourth-order valence-electron chi connectivity index (χ4n) is 6.26. The fourth-order valence-corrected chi connectivity index (χ4v) is 6.26. The van der Waals surface area contributed by atoms with Crippen LogP contribution in [0.3, 0.4) is 0 Å². The van der Waals surface area contributed by atoms with E-state index in [1.807, 2.05) is 13.0 Å². The Morgan fingerprint density at radius 3 is 2.84 bits per heavy atom. The summed E-state index contributed by atoms with van der Waals surface area (Å²) in [7, 11) is 0. The van der Waals surface area contributed by atoms with Crippen molar-refractivity contribution < 1.29 is 15.0 Å². The SMILES string of the molecule is CC1C(=O)CC[C@@]2(O)[C@H]3Cc4cccc(O)c4[C@@]12CCN3CC1CC1. The number of benzene rings is 1. The van der Waals surface area contributed by atoms with E-state index < -0.39 is 11.0 Å². The molecule has 0 aromatic heterocycles. The third-order valence-electron chi connectivity index (χ3n) is 7.71. The van der Waals surface area contributed by atoms with Gasteiger partial charge in [0.25, 0.3) is 0 Å². The Morgan fingerprint density at radius 1 is 1.28 bits per heavy atom. The molecule has 1 aromatic rings. The summed E-state index contributed by atoms with van der Waals surface area (Å²) in [6.07, 6.45) is 5.11. The summed E-state index contributed by atoms with van der Waals surface area (Å²) in [6, 6.07) is 5.75. The summed E-state index contributed by atoms with van der Waals surface area (Å²) >= 11 is 0. The lowest BCUT2D eigenvalue weighted by molar-refractivity contribution is -0.187. The van der Waals surface area contributed by atoms with E-state index in [0.29, 0.717) is 12.8 Å². The Bertz CT molecular complexity index is 743. The van der Waals surface area contributed by atoms with Gasteiger partial charge in [-0.05, 0) is 56.2 Å². The van der Waals surface area contributed by atoms with Gasteiger partial charge in [0.05, 0.1) is 5.60 Å². The second-order valence-corrected chi connectivity index (χ2v) is 8.80. The van der Waals surface area contributed by atoms with Crippen molar-refractivity contribution in [3.63, 3.8) is 0 Å². The second kappa shape index (κ2) is 5.08. The standard InChI is InChI=1S/C21H27NO3/c1-13-16(23)7-8-21(25)18-11-15-3-2-4-17(24)19(15)20(13,21)9-10-22(18)12-14-5-6-14/h2-4,13-14,18,24-25H,5-12H2,1H3/t13?,18-,20-,21-/m1/s1. The molecule has 4 aliphatic rings. The number of hydrogen-bond donors (Lipinski definition) is 2. The maximum Gasteiger partial charge on any atom is 0.136 e. The molecule has 4 heteroatoms. The monoisotopic (exact) mass is 341 g/mol. The van der Waals surface area contributed by atoms with Crippen LogP contribution in [0.1, 0.15) is 50.2 Å². The number of aromatic hydroxyl groups is 1. The van der Waals surface area contributed by atoms with E-state index in [0.717, 1.165) is 43.0 Å². The molecular weight excluding hydrogens is 314 g/mol. The summed E-state index contributed by atoms with van der Waals surface area (Å²) in [5, 5.41) is 22.7. The van der Waals surface area contributed by atoms with Crippen LogP contribution in [0, 0.1) is 11.8 Å². The molecule has 5 rings (SSSR count). The zero-order chi connectivity index (χ0) is 17.4. The number of hydrogen-bond acceptors (Lipinski definition) is 4. The molecule has 1 unspecified atom stereocenters. The summed E-state index contributed by atoms with van der Waals surface area (Å²) in [6.45, 7) is 3.95. The second-order valence-electron chi connectivity index (χ2n) is 8.80. The molecule has 4 nitrogen and oxygen atoms in total. The van der Waals surface area contributed by atoms with Crippen LogP contribution in [0.15, 0.2) is 18.2 Å². The van der Waals surface area contributed by atoms with Gasteiger partial charge in [0.2, 0.25) is 0 Å². The topological polar surface area (TPSA) is 60.8 Å². The first kappa shape index (κ1) is 15.8. The minimum atomic E-state index is -0.917. The number of aliphatic hydroxyl groups is 1. The van der Waals surface area contributed by atoms with Gasteiger partial charge in [-0.2, -0.15) is 0 Å². The molecule has 0 radical (unpaired) electrons. The Balaban J connectivity index is 1.71. The predicted molar refractivity (Wildman–Crippen MR) is 94.5 cm³/mol. The van der Waals surface area contributed by atoms with Crippen LogP contribution in [0.25, 0.3) is 0 Å². The average Bonchev–Trinajstić information content (AvgIpc) is 3.39. The van der Waals surface area contributed by atoms with Gasteiger partial charge in [-0.15, -0.1) is 0 Å². The van der Waals surface area contributed by atoms with Crippen LogP contribution < -0.4 is 0 Å². The van der Waals surface area contributed by atoms with Crippen molar-refractivity contribution in [1.29, 1.82) is 0 Å². The van der Waals surface area contributed by atoms with Crippen molar-refractivity contribution >= 4 is 5.78 Å².